The lowest BCUT2D eigenvalue weighted by Crippen LogP contribution is -2.46. The van der Waals surface area contributed by atoms with Crippen molar-refractivity contribution in [3.8, 4) is 6.07 Å². The molecule has 0 saturated heterocycles. The van der Waals surface area contributed by atoms with Crippen LogP contribution in [0.4, 0.5) is 5.82 Å². The Morgan fingerprint density at radius 1 is 1.53 bits per heavy atom. The van der Waals surface area contributed by atoms with Crippen molar-refractivity contribution in [1.29, 1.82) is 5.26 Å². The molecule has 0 spiro atoms. The summed E-state index contributed by atoms with van der Waals surface area (Å²) in [7, 11) is 0. The van der Waals surface area contributed by atoms with Gasteiger partial charge in [-0.1, -0.05) is 0 Å². The fraction of sp³-hybridized carbons (Fsp3) is 0.500. The van der Waals surface area contributed by atoms with Crippen LogP contribution in [-0.2, 0) is 4.79 Å². The molecule has 102 valence electrons. The zero-order valence-corrected chi connectivity index (χ0v) is 11.9. The Balaban J connectivity index is 2.85. The van der Waals surface area contributed by atoms with Crippen molar-refractivity contribution < 1.29 is 4.79 Å². The predicted molar refractivity (Wildman–Crippen MR) is 74.7 cm³/mol. The number of anilines is 1. The van der Waals surface area contributed by atoms with Crippen LogP contribution in [0.2, 0.25) is 0 Å². The fourth-order valence-corrected chi connectivity index (χ4v) is 1.70. The van der Waals surface area contributed by atoms with Crippen molar-refractivity contribution in [3.63, 3.8) is 0 Å². The van der Waals surface area contributed by atoms with E-state index in [0.29, 0.717) is 17.9 Å². The number of amides is 1. The van der Waals surface area contributed by atoms with Crippen molar-refractivity contribution in [2.75, 3.05) is 18.0 Å². The van der Waals surface area contributed by atoms with E-state index in [-0.39, 0.29) is 18.0 Å². The van der Waals surface area contributed by atoms with Crippen LogP contribution in [0, 0.1) is 11.3 Å². The third-order valence-corrected chi connectivity index (χ3v) is 2.44. The number of nitriles is 1. The molecule has 1 rings (SSSR count). The van der Waals surface area contributed by atoms with Crippen LogP contribution in [0.15, 0.2) is 18.3 Å². The first kappa shape index (κ1) is 15.0. The summed E-state index contributed by atoms with van der Waals surface area (Å²) in [5.41, 5.74) is 0.214. The molecule has 1 heterocycles. The summed E-state index contributed by atoms with van der Waals surface area (Å²) in [5, 5.41) is 12.0. The topological polar surface area (TPSA) is 69.0 Å². The lowest BCUT2D eigenvalue weighted by Gasteiger charge is -2.26. The number of pyridine rings is 1. The smallest absolute Gasteiger partial charge is 0.239 e. The third-order valence-electron chi connectivity index (χ3n) is 2.44. The zero-order valence-electron chi connectivity index (χ0n) is 11.9. The minimum absolute atomic E-state index is 0.0797. The van der Waals surface area contributed by atoms with Gasteiger partial charge in [-0.15, -0.1) is 0 Å². The Kier molecular flexibility index (Phi) is 4.87. The van der Waals surface area contributed by atoms with Crippen molar-refractivity contribution in [1.82, 2.24) is 10.3 Å². The van der Waals surface area contributed by atoms with E-state index in [2.05, 4.69) is 16.4 Å². The van der Waals surface area contributed by atoms with E-state index in [1.54, 1.807) is 23.2 Å². The van der Waals surface area contributed by atoms with Gasteiger partial charge < -0.3 is 10.2 Å². The maximum atomic E-state index is 11.9. The van der Waals surface area contributed by atoms with Crippen LogP contribution in [0.3, 0.4) is 0 Å². The van der Waals surface area contributed by atoms with Crippen molar-refractivity contribution in [2.45, 2.75) is 33.2 Å². The van der Waals surface area contributed by atoms with Gasteiger partial charge in [0.1, 0.15) is 11.9 Å². The van der Waals surface area contributed by atoms with E-state index in [4.69, 9.17) is 5.26 Å². The summed E-state index contributed by atoms with van der Waals surface area (Å²) >= 11 is 0. The second kappa shape index (κ2) is 6.19. The number of carbonyl (C=O) groups excluding carboxylic acids is 1. The lowest BCUT2D eigenvalue weighted by atomic mass is 10.1. The van der Waals surface area contributed by atoms with Gasteiger partial charge >= 0.3 is 0 Å². The second-order valence-corrected chi connectivity index (χ2v) is 5.30. The van der Waals surface area contributed by atoms with E-state index in [1.165, 1.54) is 0 Å². The average Bonchev–Trinajstić information content (AvgIpc) is 2.33. The Morgan fingerprint density at radius 2 is 2.21 bits per heavy atom. The molecule has 5 heteroatoms. The molecule has 5 nitrogen and oxygen atoms in total. The minimum Gasteiger partial charge on any atom is -0.350 e. The highest BCUT2D eigenvalue weighted by molar-refractivity contribution is 5.82. The molecule has 0 saturated carbocycles. The fourth-order valence-electron chi connectivity index (χ4n) is 1.70. The molecule has 0 aliphatic heterocycles. The Morgan fingerprint density at radius 3 is 2.74 bits per heavy atom. The van der Waals surface area contributed by atoms with Crippen molar-refractivity contribution in [2.24, 2.45) is 0 Å². The lowest BCUT2D eigenvalue weighted by molar-refractivity contribution is -0.121. The molecule has 1 aromatic heterocycles. The molecule has 0 unspecified atom stereocenters. The molecular weight excluding hydrogens is 240 g/mol. The van der Waals surface area contributed by atoms with E-state index in [1.807, 2.05) is 27.7 Å². The summed E-state index contributed by atoms with van der Waals surface area (Å²) in [5.74, 6) is 0.473. The first-order valence-corrected chi connectivity index (χ1v) is 6.28. The van der Waals surface area contributed by atoms with Crippen LogP contribution in [0.5, 0.6) is 0 Å². The van der Waals surface area contributed by atoms with Crippen LogP contribution in [0.25, 0.3) is 0 Å². The average molecular weight is 260 g/mol. The van der Waals surface area contributed by atoms with Gasteiger partial charge in [0.15, 0.2) is 0 Å². The summed E-state index contributed by atoms with van der Waals surface area (Å²) in [6.07, 6.45) is 1.63. The molecule has 1 amide bonds. The molecule has 1 N–H and O–H groups in total. The number of rotatable bonds is 4. The number of aromatic nitrogens is 1. The molecule has 0 aromatic carbocycles. The van der Waals surface area contributed by atoms with Gasteiger partial charge in [0.05, 0.1) is 12.1 Å². The summed E-state index contributed by atoms with van der Waals surface area (Å²) in [6, 6.07) is 5.51. The molecule has 1 aromatic rings. The monoisotopic (exact) mass is 260 g/mol. The maximum absolute atomic E-state index is 11.9. The van der Waals surface area contributed by atoms with Crippen LogP contribution in [-0.4, -0.2) is 29.5 Å². The van der Waals surface area contributed by atoms with Crippen LogP contribution < -0.4 is 10.2 Å². The molecule has 0 aliphatic rings. The molecule has 0 fully saturated rings. The SMILES string of the molecule is CCN(CC(=O)NC(C)(C)C)c1ncccc1C#N. The molecule has 0 radical (unpaired) electrons. The number of hydrogen-bond donors (Lipinski definition) is 1. The van der Waals surface area contributed by atoms with E-state index in [9.17, 15) is 4.79 Å². The van der Waals surface area contributed by atoms with E-state index < -0.39 is 0 Å². The number of likely N-dealkylation sites (N-methyl/N-ethyl adjacent to an activating group) is 1. The largest absolute Gasteiger partial charge is 0.350 e. The minimum atomic E-state index is -0.265. The normalized spacial score (nSPS) is 10.7. The van der Waals surface area contributed by atoms with Gasteiger partial charge in [-0.05, 0) is 39.8 Å². The van der Waals surface area contributed by atoms with Crippen molar-refractivity contribution in [3.05, 3.63) is 23.9 Å². The Labute approximate surface area is 114 Å². The molecule has 19 heavy (non-hydrogen) atoms. The predicted octanol–water partition coefficient (Wildman–Crippen LogP) is 1.69. The van der Waals surface area contributed by atoms with E-state index >= 15 is 0 Å². The van der Waals surface area contributed by atoms with Crippen LogP contribution >= 0.6 is 0 Å². The molecule has 0 aliphatic carbocycles. The number of hydrogen-bond acceptors (Lipinski definition) is 4. The number of nitrogens with one attached hydrogen (secondary N) is 1. The molecule has 0 bridgehead atoms. The first-order chi connectivity index (χ1) is 8.87. The van der Waals surface area contributed by atoms with Gasteiger partial charge in [-0.3, -0.25) is 4.79 Å². The Bertz CT molecular complexity index is 485. The quantitative estimate of drug-likeness (QED) is 0.894. The van der Waals surface area contributed by atoms with Crippen molar-refractivity contribution >= 4 is 11.7 Å². The number of nitrogens with zero attached hydrogens (tertiary/aromatic N) is 3. The zero-order chi connectivity index (χ0) is 14.5. The first-order valence-electron chi connectivity index (χ1n) is 6.28. The van der Waals surface area contributed by atoms with Gasteiger partial charge in [-0.2, -0.15) is 5.26 Å². The third kappa shape index (κ3) is 4.59. The summed E-state index contributed by atoms with van der Waals surface area (Å²) < 4.78 is 0. The molecule has 0 atom stereocenters. The van der Waals surface area contributed by atoms with Crippen LogP contribution in [0.1, 0.15) is 33.3 Å². The molecular formula is C14H20N4O. The standard InChI is InChI=1S/C14H20N4O/c1-5-18(10-12(19)17-14(2,3)4)13-11(9-15)7-6-8-16-13/h6-8H,5,10H2,1-4H3,(H,17,19). The van der Waals surface area contributed by atoms with Gasteiger partial charge in [0.2, 0.25) is 5.91 Å². The highest BCUT2D eigenvalue weighted by Gasteiger charge is 2.18. The maximum Gasteiger partial charge on any atom is 0.239 e. The van der Waals surface area contributed by atoms with Gasteiger partial charge in [0, 0.05) is 18.3 Å². The van der Waals surface area contributed by atoms with E-state index in [0.717, 1.165) is 0 Å². The highest BCUT2D eigenvalue weighted by atomic mass is 16.2. The summed E-state index contributed by atoms with van der Waals surface area (Å²) in [6.45, 7) is 8.54. The van der Waals surface area contributed by atoms with Gasteiger partial charge in [0.25, 0.3) is 0 Å². The Hall–Kier alpha value is -2.09. The highest BCUT2D eigenvalue weighted by Crippen LogP contribution is 2.15. The second-order valence-electron chi connectivity index (χ2n) is 5.30. The van der Waals surface area contributed by atoms with Gasteiger partial charge in [-0.25, -0.2) is 4.98 Å². The number of carbonyl (C=O) groups is 1. The summed E-state index contributed by atoms with van der Waals surface area (Å²) in [4.78, 5) is 17.9.